The zero-order valence-corrected chi connectivity index (χ0v) is 36.3. The van der Waals surface area contributed by atoms with Crippen LogP contribution in [0.3, 0.4) is 0 Å². The molecule has 3 N–H and O–H groups in total. The Morgan fingerprint density at radius 2 is 0.945 bits per heavy atom. The lowest BCUT2D eigenvalue weighted by Crippen LogP contribution is -2.29. The topological polar surface area (TPSA) is 134 Å². The Hall–Kier alpha value is -1.77. The van der Waals surface area contributed by atoms with Crippen LogP contribution in [0.5, 0.6) is 0 Å². The SMILES string of the molecule is CCCCC/C=C/C/C=C/CCCCCCCCCC(=O)O[C@H](COC(=O)CCCCCCCCC/C=C/CCCCCCCC)COP(=O)(O)OCCN. The minimum absolute atomic E-state index is 0.0512. The molecule has 0 spiro atoms. The van der Waals surface area contributed by atoms with Gasteiger partial charge in [-0.15, -0.1) is 0 Å². The van der Waals surface area contributed by atoms with Crippen molar-refractivity contribution in [2.24, 2.45) is 5.73 Å². The molecule has 2 atom stereocenters. The molecular formula is C45H84NO8P. The van der Waals surface area contributed by atoms with Gasteiger partial charge >= 0.3 is 19.8 Å². The maximum atomic E-state index is 12.6. The summed E-state index contributed by atoms with van der Waals surface area (Å²) in [6.07, 6.45) is 45.9. The molecule has 10 heteroatoms. The fourth-order valence-electron chi connectivity index (χ4n) is 6.13. The lowest BCUT2D eigenvalue weighted by atomic mass is 10.1. The molecule has 0 bridgehead atoms. The quantitative estimate of drug-likeness (QED) is 0.0268. The molecule has 9 nitrogen and oxygen atoms in total. The van der Waals surface area contributed by atoms with E-state index >= 15 is 0 Å². The molecule has 322 valence electrons. The van der Waals surface area contributed by atoms with Crippen molar-refractivity contribution >= 4 is 19.8 Å². The number of phosphoric acid groups is 1. The highest BCUT2D eigenvalue weighted by Gasteiger charge is 2.26. The number of phosphoric ester groups is 1. The molecular weight excluding hydrogens is 713 g/mol. The van der Waals surface area contributed by atoms with E-state index in [-0.39, 0.29) is 38.6 Å². The lowest BCUT2D eigenvalue weighted by molar-refractivity contribution is -0.161. The number of carbonyl (C=O) groups is 2. The number of hydrogen-bond acceptors (Lipinski definition) is 8. The largest absolute Gasteiger partial charge is 0.472 e. The van der Waals surface area contributed by atoms with Crippen molar-refractivity contribution in [2.75, 3.05) is 26.4 Å². The maximum absolute atomic E-state index is 12.6. The first kappa shape index (κ1) is 53.2. The number of carbonyl (C=O) groups excluding carboxylic acids is 2. The van der Waals surface area contributed by atoms with Gasteiger partial charge in [-0.3, -0.25) is 18.6 Å². The van der Waals surface area contributed by atoms with E-state index in [1.54, 1.807) is 0 Å². The van der Waals surface area contributed by atoms with Crippen molar-refractivity contribution < 1.29 is 37.6 Å². The van der Waals surface area contributed by atoms with Gasteiger partial charge in [0.2, 0.25) is 0 Å². The third-order valence-corrected chi connectivity index (χ3v) is 10.5. The van der Waals surface area contributed by atoms with Gasteiger partial charge in [-0.1, -0.05) is 159 Å². The molecule has 0 aromatic rings. The van der Waals surface area contributed by atoms with E-state index in [9.17, 15) is 19.0 Å². The van der Waals surface area contributed by atoms with E-state index in [2.05, 4.69) is 50.3 Å². The van der Waals surface area contributed by atoms with Crippen molar-refractivity contribution in [3.63, 3.8) is 0 Å². The molecule has 0 radical (unpaired) electrons. The molecule has 0 fully saturated rings. The Bertz CT molecular complexity index is 1000. The highest BCUT2D eigenvalue weighted by atomic mass is 31.2. The summed E-state index contributed by atoms with van der Waals surface area (Å²) < 4.78 is 32.8. The van der Waals surface area contributed by atoms with E-state index in [4.69, 9.17) is 24.3 Å². The van der Waals surface area contributed by atoms with Gasteiger partial charge in [0.25, 0.3) is 0 Å². The Balaban J connectivity index is 4.14. The van der Waals surface area contributed by atoms with Gasteiger partial charge in [0, 0.05) is 19.4 Å². The monoisotopic (exact) mass is 798 g/mol. The lowest BCUT2D eigenvalue weighted by Gasteiger charge is -2.19. The molecule has 0 aromatic carbocycles. The first-order chi connectivity index (χ1) is 26.8. The zero-order valence-electron chi connectivity index (χ0n) is 35.4. The molecule has 0 aliphatic carbocycles. The number of allylic oxidation sites excluding steroid dienone is 6. The average molecular weight is 798 g/mol. The molecule has 0 saturated heterocycles. The van der Waals surface area contributed by atoms with Gasteiger partial charge in [0.1, 0.15) is 6.61 Å². The number of unbranched alkanes of at least 4 members (excludes halogenated alkanes) is 23. The number of hydrogen-bond donors (Lipinski definition) is 2. The Kier molecular flexibility index (Phi) is 40.5. The maximum Gasteiger partial charge on any atom is 0.472 e. The summed E-state index contributed by atoms with van der Waals surface area (Å²) in [7, 11) is -4.38. The molecule has 0 aliphatic heterocycles. The van der Waals surface area contributed by atoms with Crippen LogP contribution in [0.2, 0.25) is 0 Å². The molecule has 0 rings (SSSR count). The minimum Gasteiger partial charge on any atom is -0.462 e. The summed E-state index contributed by atoms with van der Waals surface area (Å²) in [6, 6.07) is 0. The molecule has 0 heterocycles. The highest BCUT2D eigenvalue weighted by molar-refractivity contribution is 7.47. The fourth-order valence-corrected chi connectivity index (χ4v) is 6.89. The predicted octanol–water partition coefficient (Wildman–Crippen LogP) is 12.9. The van der Waals surface area contributed by atoms with Crippen LogP contribution in [0.4, 0.5) is 0 Å². The van der Waals surface area contributed by atoms with Crippen LogP contribution in [0.15, 0.2) is 36.5 Å². The molecule has 0 aliphatic rings. The number of rotatable bonds is 42. The van der Waals surface area contributed by atoms with Gasteiger partial charge in [0.15, 0.2) is 6.10 Å². The number of esters is 2. The van der Waals surface area contributed by atoms with Gasteiger partial charge in [-0.2, -0.15) is 0 Å². The summed E-state index contributed by atoms with van der Waals surface area (Å²) in [5.74, 6) is -0.839. The van der Waals surface area contributed by atoms with E-state index < -0.39 is 26.5 Å². The Morgan fingerprint density at radius 3 is 1.44 bits per heavy atom. The summed E-state index contributed by atoms with van der Waals surface area (Å²) in [6.45, 7) is 3.70. The van der Waals surface area contributed by atoms with Crippen LogP contribution in [0.1, 0.15) is 206 Å². The second-order valence-corrected chi connectivity index (χ2v) is 16.4. The van der Waals surface area contributed by atoms with Crippen LogP contribution in [-0.4, -0.2) is 49.3 Å². The van der Waals surface area contributed by atoms with Crippen LogP contribution in [-0.2, 0) is 32.7 Å². The Labute approximate surface area is 337 Å². The summed E-state index contributed by atoms with van der Waals surface area (Å²) in [5.41, 5.74) is 5.35. The van der Waals surface area contributed by atoms with Gasteiger partial charge in [-0.25, -0.2) is 4.57 Å². The minimum atomic E-state index is -4.38. The fraction of sp³-hybridized carbons (Fsp3) is 0.822. The van der Waals surface area contributed by atoms with Crippen molar-refractivity contribution in [3.05, 3.63) is 36.5 Å². The van der Waals surface area contributed by atoms with Crippen molar-refractivity contribution in [3.8, 4) is 0 Å². The second kappa shape index (κ2) is 41.9. The van der Waals surface area contributed by atoms with Crippen molar-refractivity contribution in [1.82, 2.24) is 0 Å². The molecule has 0 aromatic heterocycles. The van der Waals surface area contributed by atoms with Crippen LogP contribution in [0, 0.1) is 0 Å². The second-order valence-electron chi connectivity index (χ2n) is 14.9. The van der Waals surface area contributed by atoms with Crippen LogP contribution >= 0.6 is 7.82 Å². The standard InChI is InChI=1S/C45H84NO8P/c1-3-5-7-9-11-13-15-17-19-21-23-25-27-29-31-33-35-37-44(47)51-41-43(42-53-55(49,50)52-40-39-46)54-45(48)38-36-34-32-30-28-26-24-22-20-18-16-14-12-10-8-6-4-2/h12,14,17-20,43H,3-11,13,15-16,21-42,46H2,1-2H3,(H,49,50)/b14-12+,19-17+,20-18+/t43-/m1/s1. The third kappa shape index (κ3) is 41.7. The van der Waals surface area contributed by atoms with Crippen molar-refractivity contribution in [1.29, 1.82) is 0 Å². The van der Waals surface area contributed by atoms with E-state index in [1.165, 1.54) is 109 Å². The predicted molar refractivity (Wildman–Crippen MR) is 229 cm³/mol. The summed E-state index contributed by atoms with van der Waals surface area (Å²) in [4.78, 5) is 34.9. The summed E-state index contributed by atoms with van der Waals surface area (Å²) >= 11 is 0. The molecule has 1 unspecified atom stereocenters. The highest BCUT2D eigenvalue weighted by Crippen LogP contribution is 2.43. The van der Waals surface area contributed by atoms with Gasteiger partial charge in [0.05, 0.1) is 13.2 Å². The number of ether oxygens (including phenoxy) is 2. The van der Waals surface area contributed by atoms with Crippen LogP contribution < -0.4 is 5.73 Å². The zero-order chi connectivity index (χ0) is 40.3. The average Bonchev–Trinajstić information content (AvgIpc) is 3.17. The van der Waals surface area contributed by atoms with Crippen molar-refractivity contribution in [2.45, 2.75) is 213 Å². The molecule has 55 heavy (non-hydrogen) atoms. The van der Waals surface area contributed by atoms with E-state index in [1.807, 2.05) is 0 Å². The first-order valence-electron chi connectivity index (χ1n) is 22.5. The van der Waals surface area contributed by atoms with Crippen LogP contribution in [0.25, 0.3) is 0 Å². The Morgan fingerprint density at radius 1 is 0.545 bits per heavy atom. The summed E-state index contributed by atoms with van der Waals surface area (Å²) in [5, 5.41) is 0. The smallest absolute Gasteiger partial charge is 0.462 e. The molecule has 0 saturated carbocycles. The van der Waals surface area contributed by atoms with E-state index in [0.717, 1.165) is 64.2 Å². The third-order valence-electron chi connectivity index (χ3n) is 9.50. The number of nitrogens with two attached hydrogens (primary N) is 1. The van der Waals surface area contributed by atoms with E-state index in [0.29, 0.717) is 6.42 Å². The van der Waals surface area contributed by atoms with Gasteiger partial charge in [-0.05, 0) is 70.6 Å². The molecule has 0 amide bonds. The first-order valence-corrected chi connectivity index (χ1v) is 24.0. The van der Waals surface area contributed by atoms with Gasteiger partial charge < -0.3 is 20.1 Å². The normalized spacial score (nSPS) is 13.6.